The number of carbonyl (C=O) groups is 2. The molecular formula is C17H18N2O6. The maximum atomic E-state index is 11.9. The third-order valence-corrected chi connectivity index (χ3v) is 3.22. The van der Waals surface area contributed by atoms with Crippen LogP contribution in [0.4, 0.5) is 4.79 Å². The summed E-state index contributed by atoms with van der Waals surface area (Å²) in [5.41, 5.74) is 0.831. The van der Waals surface area contributed by atoms with Gasteiger partial charge in [0.05, 0.1) is 0 Å². The number of benzene rings is 2. The first-order valence-electron chi connectivity index (χ1n) is 7.45. The second-order valence-corrected chi connectivity index (χ2v) is 5.11. The van der Waals surface area contributed by atoms with Crippen LogP contribution in [-0.2, 0) is 11.3 Å². The highest BCUT2D eigenvalue weighted by Crippen LogP contribution is 2.35. The lowest BCUT2D eigenvalue weighted by molar-refractivity contribution is 0.0951. The second kappa shape index (κ2) is 8.44. The molecule has 132 valence electrons. The smallest absolute Gasteiger partial charge is 0.407 e. The Morgan fingerprint density at radius 3 is 2.16 bits per heavy atom. The van der Waals surface area contributed by atoms with E-state index in [2.05, 4.69) is 10.6 Å². The molecule has 2 aromatic rings. The monoisotopic (exact) mass is 346 g/mol. The van der Waals surface area contributed by atoms with Crippen LogP contribution in [-0.4, -0.2) is 40.4 Å². The SMILES string of the molecule is O=C(NCCNC(=O)c1cc(O)c(O)c(O)c1)OCc1ccccc1. The van der Waals surface area contributed by atoms with E-state index in [0.717, 1.165) is 17.7 Å². The minimum atomic E-state index is -0.695. The molecular weight excluding hydrogens is 328 g/mol. The summed E-state index contributed by atoms with van der Waals surface area (Å²) in [6, 6.07) is 11.2. The van der Waals surface area contributed by atoms with Gasteiger partial charge in [0, 0.05) is 18.7 Å². The molecule has 8 heteroatoms. The van der Waals surface area contributed by atoms with E-state index in [4.69, 9.17) is 4.74 Å². The first-order chi connectivity index (χ1) is 12.0. The number of alkyl carbamates (subject to hydrolysis) is 1. The Morgan fingerprint density at radius 2 is 1.52 bits per heavy atom. The Hall–Kier alpha value is -3.42. The molecule has 0 fully saturated rings. The van der Waals surface area contributed by atoms with Crippen LogP contribution < -0.4 is 10.6 Å². The summed E-state index contributed by atoms with van der Waals surface area (Å²) in [7, 11) is 0. The zero-order valence-corrected chi connectivity index (χ0v) is 13.2. The Kier molecular flexibility index (Phi) is 6.05. The van der Waals surface area contributed by atoms with Gasteiger partial charge in [-0.3, -0.25) is 4.79 Å². The van der Waals surface area contributed by atoms with Crippen molar-refractivity contribution in [1.82, 2.24) is 10.6 Å². The van der Waals surface area contributed by atoms with Crippen molar-refractivity contribution in [1.29, 1.82) is 0 Å². The first-order valence-corrected chi connectivity index (χ1v) is 7.45. The summed E-state index contributed by atoms with van der Waals surface area (Å²) in [6.07, 6.45) is -0.613. The molecule has 0 bridgehead atoms. The number of amides is 2. The molecule has 5 N–H and O–H groups in total. The van der Waals surface area contributed by atoms with Gasteiger partial charge in [-0.15, -0.1) is 0 Å². The highest BCUT2D eigenvalue weighted by atomic mass is 16.5. The van der Waals surface area contributed by atoms with Crippen molar-refractivity contribution in [2.24, 2.45) is 0 Å². The summed E-state index contributed by atoms with van der Waals surface area (Å²) in [5.74, 6) is -2.48. The lowest BCUT2D eigenvalue weighted by Crippen LogP contribution is -2.34. The van der Waals surface area contributed by atoms with E-state index in [0.29, 0.717) is 0 Å². The summed E-state index contributed by atoms with van der Waals surface area (Å²) in [5, 5.41) is 32.9. The van der Waals surface area contributed by atoms with Crippen molar-refractivity contribution in [3.63, 3.8) is 0 Å². The normalized spacial score (nSPS) is 10.1. The van der Waals surface area contributed by atoms with Gasteiger partial charge in [-0.2, -0.15) is 0 Å². The van der Waals surface area contributed by atoms with Crippen LogP contribution in [0.3, 0.4) is 0 Å². The van der Waals surface area contributed by atoms with Crippen LogP contribution in [0.1, 0.15) is 15.9 Å². The molecule has 0 aliphatic heterocycles. The number of nitrogens with one attached hydrogen (secondary N) is 2. The third-order valence-electron chi connectivity index (χ3n) is 3.22. The fraction of sp³-hybridized carbons (Fsp3) is 0.176. The van der Waals surface area contributed by atoms with Crippen LogP contribution in [0.2, 0.25) is 0 Å². The van der Waals surface area contributed by atoms with Gasteiger partial charge < -0.3 is 30.7 Å². The molecule has 8 nitrogen and oxygen atoms in total. The Balaban J connectivity index is 1.70. The molecule has 0 unspecified atom stereocenters. The van der Waals surface area contributed by atoms with Gasteiger partial charge >= 0.3 is 6.09 Å². The van der Waals surface area contributed by atoms with Crippen molar-refractivity contribution >= 4 is 12.0 Å². The molecule has 0 spiro atoms. The number of ether oxygens (including phenoxy) is 1. The van der Waals surface area contributed by atoms with Crippen molar-refractivity contribution in [2.75, 3.05) is 13.1 Å². The zero-order valence-electron chi connectivity index (χ0n) is 13.2. The standard InChI is InChI=1S/C17H18N2O6/c20-13-8-12(9-14(21)15(13)22)16(23)18-6-7-19-17(24)25-10-11-4-2-1-3-5-11/h1-5,8-9,20-22H,6-7,10H2,(H,18,23)(H,19,24). The molecule has 0 saturated carbocycles. The highest BCUT2D eigenvalue weighted by Gasteiger charge is 2.13. The maximum absolute atomic E-state index is 11.9. The number of carbonyl (C=O) groups excluding carboxylic acids is 2. The zero-order chi connectivity index (χ0) is 18.2. The van der Waals surface area contributed by atoms with Crippen LogP contribution in [0.15, 0.2) is 42.5 Å². The van der Waals surface area contributed by atoms with E-state index in [1.165, 1.54) is 0 Å². The van der Waals surface area contributed by atoms with Crippen LogP contribution in [0.5, 0.6) is 17.2 Å². The van der Waals surface area contributed by atoms with E-state index < -0.39 is 29.2 Å². The minimum absolute atomic E-state index is 0.0283. The van der Waals surface area contributed by atoms with E-state index in [9.17, 15) is 24.9 Å². The molecule has 0 aromatic heterocycles. The van der Waals surface area contributed by atoms with Gasteiger partial charge in [0.15, 0.2) is 17.2 Å². The van der Waals surface area contributed by atoms with Gasteiger partial charge in [0.2, 0.25) is 0 Å². The Labute approximate surface area is 143 Å². The molecule has 0 radical (unpaired) electrons. The number of rotatable bonds is 6. The summed E-state index contributed by atoms with van der Waals surface area (Å²) in [4.78, 5) is 23.4. The molecule has 2 aromatic carbocycles. The predicted molar refractivity (Wildman–Crippen MR) is 88.4 cm³/mol. The Bertz CT molecular complexity index is 725. The molecule has 0 aliphatic carbocycles. The molecule has 2 amide bonds. The third kappa shape index (κ3) is 5.31. The second-order valence-electron chi connectivity index (χ2n) is 5.11. The summed E-state index contributed by atoms with van der Waals surface area (Å²) in [6.45, 7) is 0.391. The van der Waals surface area contributed by atoms with Crippen molar-refractivity contribution in [3.8, 4) is 17.2 Å². The Morgan fingerprint density at radius 1 is 0.920 bits per heavy atom. The van der Waals surface area contributed by atoms with Gasteiger partial charge in [-0.1, -0.05) is 30.3 Å². The minimum Gasteiger partial charge on any atom is -0.504 e. The van der Waals surface area contributed by atoms with Gasteiger partial charge in [-0.05, 0) is 17.7 Å². The lowest BCUT2D eigenvalue weighted by Gasteiger charge is -2.09. The molecule has 0 aliphatic rings. The van der Waals surface area contributed by atoms with E-state index >= 15 is 0 Å². The van der Waals surface area contributed by atoms with Gasteiger partial charge in [-0.25, -0.2) is 4.79 Å². The number of phenols is 3. The average molecular weight is 346 g/mol. The van der Waals surface area contributed by atoms with Gasteiger partial charge in [0.1, 0.15) is 6.61 Å². The summed E-state index contributed by atoms with van der Waals surface area (Å²) >= 11 is 0. The summed E-state index contributed by atoms with van der Waals surface area (Å²) < 4.78 is 5.01. The average Bonchev–Trinajstić information content (AvgIpc) is 2.61. The number of aromatic hydroxyl groups is 3. The quantitative estimate of drug-likeness (QED) is 0.398. The van der Waals surface area contributed by atoms with Crippen molar-refractivity contribution in [3.05, 3.63) is 53.6 Å². The van der Waals surface area contributed by atoms with E-state index in [-0.39, 0.29) is 25.3 Å². The van der Waals surface area contributed by atoms with E-state index in [1.807, 2.05) is 30.3 Å². The number of hydrogen-bond acceptors (Lipinski definition) is 6. The number of phenolic OH excluding ortho intramolecular Hbond substituents is 3. The maximum Gasteiger partial charge on any atom is 0.407 e. The molecule has 25 heavy (non-hydrogen) atoms. The number of hydrogen-bond donors (Lipinski definition) is 5. The van der Waals surface area contributed by atoms with Crippen molar-refractivity contribution in [2.45, 2.75) is 6.61 Å². The van der Waals surface area contributed by atoms with Crippen LogP contribution in [0, 0.1) is 0 Å². The molecule has 2 rings (SSSR count). The first kappa shape index (κ1) is 17.9. The van der Waals surface area contributed by atoms with Crippen LogP contribution >= 0.6 is 0 Å². The highest BCUT2D eigenvalue weighted by molar-refractivity contribution is 5.95. The molecule has 0 atom stereocenters. The van der Waals surface area contributed by atoms with Gasteiger partial charge in [0.25, 0.3) is 5.91 Å². The topological polar surface area (TPSA) is 128 Å². The molecule has 0 heterocycles. The predicted octanol–water partition coefficient (Wildman–Crippen LogP) is 1.46. The van der Waals surface area contributed by atoms with Crippen molar-refractivity contribution < 1.29 is 29.6 Å². The van der Waals surface area contributed by atoms with Crippen LogP contribution in [0.25, 0.3) is 0 Å². The largest absolute Gasteiger partial charge is 0.504 e. The van der Waals surface area contributed by atoms with E-state index in [1.54, 1.807) is 0 Å². The fourth-order valence-electron chi connectivity index (χ4n) is 1.95. The fourth-order valence-corrected chi connectivity index (χ4v) is 1.95. The lowest BCUT2D eigenvalue weighted by atomic mass is 10.1. The molecule has 0 saturated heterocycles.